The van der Waals surface area contributed by atoms with Crippen LogP contribution in [0.25, 0.3) is 5.57 Å². The van der Waals surface area contributed by atoms with Crippen molar-refractivity contribution in [2.75, 3.05) is 0 Å². The second-order valence-corrected chi connectivity index (χ2v) is 4.59. The van der Waals surface area contributed by atoms with Crippen molar-refractivity contribution >= 4 is 17.8 Å². The Hall–Kier alpha value is -2.91. The summed E-state index contributed by atoms with van der Waals surface area (Å²) < 4.78 is 57.6. The summed E-state index contributed by atoms with van der Waals surface area (Å²) in [5, 5.41) is 12.0. The number of hydrogen-bond donors (Lipinski definition) is 2. The second-order valence-electron chi connectivity index (χ2n) is 4.59. The lowest BCUT2D eigenvalue weighted by Crippen LogP contribution is -2.18. The summed E-state index contributed by atoms with van der Waals surface area (Å²) in [6.07, 6.45) is -1.33. The van der Waals surface area contributed by atoms with Crippen LogP contribution in [-0.2, 0) is 11.3 Å². The minimum atomic E-state index is -4.86. The predicted molar refractivity (Wildman–Crippen MR) is 80.9 cm³/mol. The SMILES string of the molecule is C=C/C(=C(F)\C(=C/C)C(F)(F)F)c1[nH+]c(CN/N=C\CC(=O)O)co1. The molecule has 0 spiro atoms. The van der Waals surface area contributed by atoms with Gasteiger partial charge in [0.25, 0.3) is 0 Å². The van der Waals surface area contributed by atoms with Crippen LogP contribution in [0.4, 0.5) is 17.6 Å². The smallest absolute Gasteiger partial charge is 0.418 e. The Labute approximate surface area is 140 Å². The molecule has 0 saturated heterocycles. The van der Waals surface area contributed by atoms with E-state index in [-0.39, 0.29) is 18.9 Å². The number of hydrogen-bond acceptors (Lipinski definition) is 4. The van der Waals surface area contributed by atoms with Crippen LogP contribution in [0, 0.1) is 0 Å². The number of alkyl halides is 3. The molecule has 0 fully saturated rings. The summed E-state index contributed by atoms with van der Waals surface area (Å²) in [6, 6.07) is 0. The van der Waals surface area contributed by atoms with Gasteiger partial charge in [-0.1, -0.05) is 12.7 Å². The molecule has 1 rings (SSSR count). The van der Waals surface area contributed by atoms with E-state index in [9.17, 15) is 22.4 Å². The Kier molecular flexibility index (Phi) is 7.09. The molecule has 0 aliphatic rings. The maximum atomic E-state index is 14.2. The van der Waals surface area contributed by atoms with Gasteiger partial charge in [0.2, 0.25) is 5.69 Å². The standard InChI is InChI=1S/C15H15F4N3O3/c1-3-10(13(16)11(4-2)15(17,18)19)14-22-9(8-25-14)7-21-20-6-5-12(23)24/h3-4,6,8,21H,1,5,7H2,2H3,(H,23,24)/p+1/b11-4+,13-10-,20-6-. The molecule has 0 unspecified atom stereocenters. The molecule has 0 atom stereocenters. The average Bonchev–Trinajstić information content (AvgIpc) is 2.95. The number of rotatable bonds is 8. The third kappa shape index (κ3) is 5.90. The van der Waals surface area contributed by atoms with E-state index in [0.717, 1.165) is 25.5 Å². The Morgan fingerprint density at radius 1 is 1.52 bits per heavy atom. The predicted octanol–water partition coefficient (Wildman–Crippen LogP) is 3.02. The van der Waals surface area contributed by atoms with Gasteiger partial charge in [-0.2, -0.15) is 23.3 Å². The van der Waals surface area contributed by atoms with Crippen molar-refractivity contribution in [2.45, 2.75) is 26.1 Å². The molecule has 1 aromatic heterocycles. The number of nitrogens with zero attached hydrogens (tertiary/aromatic N) is 1. The van der Waals surface area contributed by atoms with Gasteiger partial charge in [-0.25, -0.2) is 4.39 Å². The fraction of sp³-hybridized carbons (Fsp3) is 0.267. The molecule has 0 saturated carbocycles. The topological polar surface area (TPSA) is 89.0 Å². The molecule has 1 heterocycles. The Morgan fingerprint density at radius 3 is 2.72 bits per heavy atom. The third-order valence-electron chi connectivity index (χ3n) is 2.83. The molecule has 10 heteroatoms. The number of aromatic nitrogens is 1. The fourth-order valence-electron chi connectivity index (χ4n) is 1.71. The monoisotopic (exact) mass is 362 g/mol. The van der Waals surface area contributed by atoms with Gasteiger partial charge >= 0.3 is 18.0 Å². The number of nitrogens with one attached hydrogen (secondary N) is 2. The van der Waals surface area contributed by atoms with Gasteiger partial charge in [-0.3, -0.25) is 10.2 Å². The number of hydrazone groups is 1. The van der Waals surface area contributed by atoms with Crippen molar-refractivity contribution in [2.24, 2.45) is 5.10 Å². The lowest BCUT2D eigenvalue weighted by Gasteiger charge is -2.09. The number of carboxylic acid groups (broad SMARTS) is 1. The van der Waals surface area contributed by atoms with Crippen molar-refractivity contribution < 1.29 is 36.9 Å². The van der Waals surface area contributed by atoms with Gasteiger partial charge < -0.3 is 9.52 Å². The molecular weight excluding hydrogens is 346 g/mol. The summed E-state index contributed by atoms with van der Waals surface area (Å²) in [5.74, 6) is -2.82. The first-order valence-electron chi connectivity index (χ1n) is 6.93. The van der Waals surface area contributed by atoms with Crippen LogP contribution in [0.1, 0.15) is 24.9 Å². The van der Waals surface area contributed by atoms with Crippen molar-refractivity contribution in [3.05, 3.63) is 48.0 Å². The second kappa shape index (κ2) is 8.81. The van der Waals surface area contributed by atoms with E-state index in [2.05, 4.69) is 22.1 Å². The van der Waals surface area contributed by atoms with Gasteiger partial charge in [-0.15, -0.1) is 0 Å². The first-order valence-corrected chi connectivity index (χ1v) is 6.93. The quantitative estimate of drug-likeness (QED) is 0.322. The highest BCUT2D eigenvalue weighted by Crippen LogP contribution is 2.35. The lowest BCUT2D eigenvalue weighted by molar-refractivity contribution is -0.399. The third-order valence-corrected chi connectivity index (χ3v) is 2.83. The van der Waals surface area contributed by atoms with Crippen LogP contribution in [-0.4, -0.2) is 23.5 Å². The number of carboxylic acids is 1. The van der Waals surface area contributed by atoms with E-state index < -0.39 is 29.1 Å². The normalized spacial score (nSPS) is 13.7. The van der Waals surface area contributed by atoms with Crippen LogP contribution in [0.3, 0.4) is 0 Å². The molecule has 0 amide bonds. The van der Waals surface area contributed by atoms with E-state index in [4.69, 9.17) is 9.52 Å². The summed E-state index contributed by atoms with van der Waals surface area (Å²) >= 11 is 0. The number of allylic oxidation sites excluding steroid dienone is 5. The van der Waals surface area contributed by atoms with Crippen LogP contribution < -0.4 is 10.4 Å². The number of carbonyl (C=O) groups is 1. The fourth-order valence-corrected chi connectivity index (χ4v) is 1.71. The zero-order valence-corrected chi connectivity index (χ0v) is 13.2. The molecule has 0 aliphatic heterocycles. The zero-order valence-electron chi connectivity index (χ0n) is 13.2. The van der Waals surface area contributed by atoms with Crippen molar-refractivity contribution in [3.8, 4) is 0 Å². The molecule has 6 nitrogen and oxygen atoms in total. The minimum absolute atomic E-state index is 0.0570. The molecule has 1 aromatic rings. The van der Waals surface area contributed by atoms with Crippen LogP contribution in [0.5, 0.6) is 0 Å². The molecule has 3 N–H and O–H groups in total. The molecule has 0 radical (unpaired) electrons. The Morgan fingerprint density at radius 2 is 2.20 bits per heavy atom. The molecule has 25 heavy (non-hydrogen) atoms. The highest BCUT2D eigenvalue weighted by atomic mass is 19.4. The molecule has 0 aromatic carbocycles. The maximum Gasteiger partial charge on any atom is 0.418 e. The minimum Gasteiger partial charge on any atom is -0.481 e. The molecular formula is C15H16F4N3O3+. The van der Waals surface area contributed by atoms with Crippen LogP contribution in [0.15, 0.2) is 45.9 Å². The summed E-state index contributed by atoms with van der Waals surface area (Å²) in [7, 11) is 0. The van der Waals surface area contributed by atoms with Gasteiger partial charge in [0.15, 0.2) is 12.1 Å². The number of aromatic amines is 1. The Balaban J connectivity index is 2.94. The van der Waals surface area contributed by atoms with E-state index >= 15 is 0 Å². The van der Waals surface area contributed by atoms with Crippen molar-refractivity contribution in [1.82, 2.24) is 5.43 Å². The largest absolute Gasteiger partial charge is 0.481 e. The average molecular weight is 362 g/mol. The first-order chi connectivity index (χ1) is 11.7. The molecule has 0 bridgehead atoms. The number of oxazole rings is 1. The Bertz CT molecular complexity index is 718. The van der Waals surface area contributed by atoms with E-state index in [1.54, 1.807) is 0 Å². The number of halogens is 4. The molecule has 136 valence electrons. The zero-order chi connectivity index (χ0) is 19.0. The van der Waals surface area contributed by atoms with Gasteiger partial charge in [0, 0.05) is 6.21 Å². The van der Waals surface area contributed by atoms with E-state index in [1.165, 1.54) is 0 Å². The summed E-state index contributed by atoms with van der Waals surface area (Å²) in [4.78, 5) is 12.9. The number of aliphatic carboxylic acids is 1. The number of H-pyrrole nitrogens is 1. The van der Waals surface area contributed by atoms with Crippen molar-refractivity contribution in [1.29, 1.82) is 0 Å². The maximum absolute atomic E-state index is 14.2. The molecule has 0 aliphatic carbocycles. The van der Waals surface area contributed by atoms with E-state index in [1.807, 2.05) is 0 Å². The van der Waals surface area contributed by atoms with Gasteiger partial charge in [-0.05, 0) is 13.0 Å². The van der Waals surface area contributed by atoms with Crippen LogP contribution in [0.2, 0.25) is 0 Å². The summed E-state index contributed by atoms with van der Waals surface area (Å²) in [6.45, 7) is 4.43. The first kappa shape index (κ1) is 20.1. The van der Waals surface area contributed by atoms with Gasteiger partial charge in [0.05, 0.1) is 12.0 Å². The lowest BCUT2D eigenvalue weighted by atomic mass is 10.1. The van der Waals surface area contributed by atoms with E-state index in [0.29, 0.717) is 11.8 Å². The summed E-state index contributed by atoms with van der Waals surface area (Å²) in [5.41, 5.74) is 0.933. The van der Waals surface area contributed by atoms with Crippen LogP contribution >= 0.6 is 0 Å². The van der Waals surface area contributed by atoms with Crippen molar-refractivity contribution in [3.63, 3.8) is 0 Å². The van der Waals surface area contributed by atoms with Gasteiger partial charge in [0.1, 0.15) is 12.1 Å². The highest BCUT2D eigenvalue weighted by Gasteiger charge is 2.38. The highest BCUT2D eigenvalue weighted by molar-refractivity contribution is 5.84.